The van der Waals surface area contributed by atoms with Gasteiger partial charge in [-0.15, -0.1) is 0 Å². The first-order valence-corrected chi connectivity index (χ1v) is 6.62. The van der Waals surface area contributed by atoms with Gasteiger partial charge < -0.3 is 9.14 Å². The van der Waals surface area contributed by atoms with Crippen LogP contribution in [-0.4, -0.2) is 28.0 Å². The van der Waals surface area contributed by atoms with Gasteiger partial charge in [-0.3, -0.25) is 0 Å². The third-order valence-corrected chi connectivity index (χ3v) is 4.19. The van der Waals surface area contributed by atoms with Crippen LogP contribution in [0.5, 0.6) is 5.75 Å². The van der Waals surface area contributed by atoms with E-state index in [0.29, 0.717) is 5.92 Å². The van der Waals surface area contributed by atoms with E-state index in [1.165, 1.54) is 23.6 Å². The van der Waals surface area contributed by atoms with Gasteiger partial charge in [0.25, 0.3) is 0 Å². The first kappa shape index (κ1) is 10.0. The normalized spacial score (nSPS) is 20.4. The molecule has 1 aliphatic heterocycles. The quantitative estimate of drug-likeness (QED) is 0.799. The van der Waals surface area contributed by atoms with Crippen molar-refractivity contribution in [3.8, 4) is 5.75 Å². The second-order valence-electron chi connectivity index (χ2n) is 4.06. The SMILES string of the molecule is COc1ccc2nc(C3CCSC3)cn2c1. The summed E-state index contributed by atoms with van der Waals surface area (Å²) < 4.78 is 7.26. The first-order chi connectivity index (χ1) is 7.86. The highest BCUT2D eigenvalue weighted by Gasteiger charge is 2.20. The summed E-state index contributed by atoms with van der Waals surface area (Å²) in [6, 6.07) is 3.96. The Kier molecular flexibility index (Phi) is 2.52. The van der Waals surface area contributed by atoms with Crippen molar-refractivity contribution in [2.75, 3.05) is 18.6 Å². The van der Waals surface area contributed by atoms with Crippen molar-refractivity contribution in [2.24, 2.45) is 0 Å². The Morgan fingerprint density at radius 1 is 1.44 bits per heavy atom. The van der Waals surface area contributed by atoms with Crippen molar-refractivity contribution < 1.29 is 4.74 Å². The summed E-state index contributed by atoms with van der Waals surface area (Å²) in [6.45, 7) is 0. The predicted octanol–water partition coefficient (Wildman–Crippen LogP) is 2.56. The summed E-state index contributed by atoms with van der Waals surface area (Å²) in [5.41, 5.74) is 2.23. The van der Waals surface area contributed by atoms with Gasteiger partial charge in [-0.05, 0) is 24.3 Å². The number of nitrogens with zero attached hydrogens (tertiary/aromatic N) is 2. The highest BCUT2D eigenvalue weighted by atomic mass is 32.2. The Balaban J connectivity index is 2.01. The zero-order valence-electron chi connectivity index (χ0n) is 9.22. The molecule has 0 aliphatic carbocycles. The summed E-state index contributed by atoms with van der Waals surface area (Å²) in [5.74, 6) is 3.98. The molecule has 1 saturated heterocycles. The Morgan fingerprint density at radius 3 is 3.12 bits per heavy atom. The molecule has 1 unspecified atom stereocenters. The van der Waals surface area contributed by atoms with E-state index in [2.05, 4.69) is 15.6 Å². The van der Waals surface area contributed by atoms with E-state index in [1.54, 1.807) is 7.11 Å². The Labute approximate surface area is 98.8 Å². The summed E-state index contributed by atoms with van der Waals surface area (Å²) in [5, 5.41) is 0. The topological polar surface area (TPSA) is 26.5 Å². The van der Waals surface area contributed by atoms with Crippen molar-refractivity contribution >= 4 is 17.4 Å². The van der Waals surface area contributed by atoms with Crippen LogP contribution >= 0.6 is 11.8 Å². The highest BCUT2D eigenvalue weighted by molar-refractivity contribution is 7.99. The molecule has 0 radical (unpaired) electrons. The third kappa shape index (κ3) is 1.67. The first-order valence-electron chi connectivity index (χ1n) is 5.47. The number of hydrogen-bond acceptors (Lipinski definition) is 3. The molecule has 2 aromatic heterocycles. The van der Waals surface area contributed by atoms with Gasteiger partial charge in [0.15, 0.2) is 0 Å². The molecule has 0 aromatic carbocycles. The molecule has 2 aromatic rings. The van der Waals surface area contributed by atoms with Crippen LogP contribution in [0.25, 0.3) is 5.65 Å². The summed E-state index contributed by atoms with van der Waals surface area (Å²) in [6.07, 6.45) is 5.37. The average molecular weight is 234 g/mol. The van der Waals surface area contributed by atoms with Gasteiger partial charge in [0, 0.05) is 17.9 Å². The van der Waals surface area contributed by atoms with Crippen LogP contribution in [0.3, 0.4) is 0 Å². The molecule has 0 amide bonds. The number of ether oxygens (including phenoxy) is 1. The fraction of sp³-hybridized carbons (Fsp3) is 0.417. The molecule has 3 nitrogen and oxygen atoms in total. The lowest BCUT2D eigenvalue weighted by Gasteiger charge is -2.01. The van der Waals surface area contributed by atoms with Crippen molar-refractivity contribution in [1.29, 1.82) is 0 Å². The standard InChI is InChI=1S/C12H14N2OS/c1-15-10-2-3-12-13-11(7-14(12)6-10)9-4-5-16-8-9/h2-3,6-7,9H,4-5,8H2,1H3. The smallest absolute Gasteiger partial charge is 0.137 e. The molecule has 1 aliphatic rings. The molecule has 3 heterocycles. The van der Waals surface area contributed by atoms with Crippen molar-refractivity contribution in [1.82, 2.24) is 9.38 Å². The highest BCUT2D eigenvalue weighted by Crippen LogP contribution is 2.32. The van der Waals surface area contributed by atoms with E-state index in [-0.39, 0.29) is 0 Å². The molecule has 4 heteroatoms. The van der Waals surface area contributed by atoms with Gasteiger partial charge in [0.1, 0.15) is 11.4 Å². The fourth-order valence-corrected chi connectivity index (χ4v) is 3.32. The summed E-state index contributed by atoms with van der Waals surface area (Å²) >= 11 is 2.02. The van der Waals surface area contributed by atoms with Gasteiger partial charge in [0.2, 0.25) is 0 Å². The number of imidazole rings is 1. The van der Waals surface area contributed by atoms with Crippen LogP contribution in [0, 0.1) is 0 Å². The predicted molar refractivity (Wildman–Crippen MR) is 66.4 cm³/mol. The second-order valence-corrected chi connectivity index (χ2v) is 5.21. The molecular formula is C12H14N2OS. The van der Waals surface area contributed by atoms with Gasteiger partial charge >= 0.3 is 0 Å². The molecular weight excluding hydrogens is 220 g/mol. The monoisotopic (exact) mass is 234 g/mol. The Hall–Kier alpha value is -1.16. The van der Waals surface area contributed by atoms with E-state index in [0.717, 1.165) is 11.4 Å². The Morgan fingerprint density at radius 2 is 2.38 bits per heavy atom. The average Bonchev–Trinajstić information content (AvgIpc) is 2.96. The maximum absolute atomic E-state index is 5.20. The van der Waals surface area contributed by atoms with Crippen molar-refractivity contribution in [3.63, 3.8) is 0 Å². The van der Waals surface area contributed by atoms with Crippen LogP contribution in [-0.2, 0) is 0 Å². The van der Waals surface area contributed by atoms with E-state index >= 15 is 0 Å². The lowest BCUT2D eigenvalue weighted by atomic mass is 10.1. The molecule has 0 spiro atoms. The van der Waals surface area contributed by atoms with E-state index < -0.39 is 0 Å². The number of fused-ring (bicyclic) bond motifs is 1. The molecule has 1 fully saturated rings. The minimum atomic E-state index is 0.635. The lowest BCUT2D eigenvalue weighted by Crippen LogP contribution is -1.95. The molecule has 0 N–H and O–H groups in total. The molecule has 16 heavy (non-hydrogen) atoms. The second kappa shape index (κ2) is 4.01. The van der Waals surface area contributed by atoms with Crippen molar-refractivity contribution in [3.05, 3.63) is 30.2 Å². The molecule has 0 saturated carbocycles. The van der Waals surface area contributed by atoms with Gasteiger partial charge in [0.05, 0.1) is 19.0 Å². The number of thioether (sulfide) groups is 1. The van der Waals surface area contributed by atoms with Gasteiger partial charge in [-0.25, -0.2) is 4.98 Å². The maximum Gasteiger partial charge on any atom is 0.137 e. The molecule has 3 rings (SSSR count). The van der Waals surface area contributed by atoms with Gasteiger partial charge in [-0.2, -0.15) is 11.8 Å². The van der Waals surface area contributed by atoms with Crippen LogP contribution < -0.4 is 4.74 Å². The van der Waals surface area contributed by atoms with Crippen molar-refractivity contribution in [2.45, 2.75) is 12.3 Å². The third-order valence-electron chi connectivity index (χ3n) is 3.03. The maximum atomic E-state index is 5.20. The summed E-state index contributed by atoms with van der Waals surface area (Å²) in [4.78, 5) is 4.66. The molecule has 0 bridgehead atoms. The van der Waals surface area contributed by atoms with Crippen LogP contribution in [0.2, 0.25) is 0 Å². The number of aromatic nitrogens is 2. The van der Waals surface area contributed by atoms with E-state index in [4.69, 9.17) is 4.74 Å². The van der Waals surface area contributed by atoms with Gasteiger partial charge in [-0.1, -0.05) is 0 Å². The molecule has 84 valence electrons. The zero-order valence-corrected chi connectivity index (χ0v) is 10.0. The number of pyridine rings is 1. The minimum Gasteiger partial charge on any atom is -0.495 e. The van der Waals surface area contributed by atoms with E-state index in [1.807, 2.05) is 30.1 Å². The van der Waals surface area contributed by atoms with Crippen LogP contribution in [0.1, 0.15) is 18.0 Å². The minimum absolute atomic E-state index is 0.635. The Bertz CT molecular complexity index is 503. The summed E-state index contributed by atoms with van der Waals surface area (Å²) in [7, 11) is 1.69. The van der Waals surface area contributed by atoms with E-state index in [9.17, 15) is 0 Å². The lowest BCUT2D eigenvalue weighted by molar-refractivity contribution is 0.412. The number of hydrogen-bond donors (Lipinski definition) is 0. The molecule has 1 atom stereocenters. The largest absolute Gasteiger partial charge is 0.495 e. The fourth-order valence-electron chi connectivity index (χ4n) is 2.08. The van der Waals surface area contributed by atoms with Crippen LogP contribution in [0.15, 0.2) is 24.5 Å². The number of rotatable bonds is 2. The van der Waals surface area contributed by atoms with Crippen LogP contribution in [0.4, 0.5) is 0 Å². The zero-order chi connectivity index (χ0) is 11.0. The number of methoxy groups -OCH3 is 1.